The van der Waals surface area contributed by atoms with E-state index < -0.39 is 35.4 Å². The Hall–Kier alpha value is -4.41. The fourth-order valence-corrected chi connectivity index (χ4v) is 3.50. The summed E-state index contributed by atoms with van der Waals surface area (Å²) in [7, 11) is 0. The summed E-state index contributed by atoms with van der Waals surface area (Å²) in [6.45, 7) is -2.38. The van der Waals surface area contributed by atoms with Crippen molar-refractivity contribution in [2.45, 2.75) is 38.6 Å². The number of anilines is 2. The first-order valence-electron chi connectivity index (χ1n) is 11.2. The van der Waals surface area contributed by atoms with Gasteiger partial charge in [0.05, 0.1) is 29.4 Å². The number of fused-ring (bicyclic) bond motifs is 1. The van der Waals surface area contributed by atoms with Crippen molar-refractivity contribution in [3.05, 3.63) is 62.7 Å². The third kappa shape index (κ3) is 7.56. The molecule has 4 aromatic rings. The van der Waals surface area contributed by atoms with E-state index in [-0.39, 0.29) is 34.9 Å². The highest BCUT2D eigenvalue weighted by Gasteiger charge is 2.36. The summed E-state index contributed by atoms with van der Waals surface area (Å²) in [5.41, 5.74) is 6.78. The molecule has 0 fully saturated rings. The van der Waals surface area contributed by atoms with Gasteiger partial charge in [0.15, 0.2) is 5.82 Å². The summed E-state index contributed by atoms with van der Waals surface area (Å²) < 4.78 is 79.8. The Labute approximate surface area is 214 Å². The largest absolute Gasteiger partial charge is 0.423 e. The normalized spacial score (nSPS) is 11.6. The molecule has 6 N–H and O–H groups in total. The second-order valence-corrected chi connectivity index (χ2v) is 8.00. The SMILES string of the molecule is Nc1cn[nH]c(=O)c1C(F)(F)F.Nc1n[nH]c(-c2cc3ccn(CCCCCOC(F)F)c(=O)c3cc2F)n1. The average Bonchev–Trinajstić information content (AvgIpc) is 3.28. The van der Waals surface area contributed by atoms with Crippen LogP contribution in [0.2, 0.25) is 0 Å². The number of nitrogen functional groups attached to an aromatic ring is 2. The number of alkyl halides is 5. The predicted octanol–water partition coefficient (Wildman–Crippen LogP) is 3.29. The number of nitrogens with one attached hydrogen (secondary N) is 2. The van der Waals surface area contributed by atoms with E-state index in [1.807, 2.05) is 0 Å². The zero-order valence-corrected chi connectivity index (χ0v) is 19.9. The average molecular weight is 560 g/mol. The maximum absolute atomic E-state index is 14.4. The van der Waals surface area contributed by atoms with Gasteiger partial charge in [-0.1, -0.05) is 0 Å². The van der Waals surface area contributed by atoms with Gasteiger partial charge in [0.1, 0.15) is 11.4 Å². The second-order valence-electron chi connectivity index (χ2n) is 8.00. The number of aryl methyl sites for hydroxylation is 1. The van der Waals surface area contributed by atoms with Crippen molar-refractivity contribution in [3.8, 4) is 11.4 Å². The van der Waals surface area contributed by atoms with Crippen molar-refractivity contribution in [1.82, 2.24) is 29.9 Å². The molecule has 0 aliphatic rings. The summed E-state index contributed by atoms with van der Waals surface area (Å²) >= 11 is 0. The van der Waals surface area contributed by atoms with Crippen molar-refractivity contribution in [3.63, 3.8) is 0 Å². The number of hydrogen-bond acceptors (Lipinski definition) is 8. The van der Waals surface area contributed by atoms with Crippen molar-refractivity contribution in [2.75, 3.05) is 18.1 Å². The zero-order valence-electron chi connectivity index (χ0n) is 19.9. The molecule has 0 bridgehead atoms. The molecule has 1 aromatic carbocycles. The lowest BCUT2D eigenvalue weighted by molar-refractivity contribution is -0.138. The van der Waals surface area contributed by atoms with Gasteiger partial charge in [-0.3, -0.25) is 14.7 Å². The third-order valence-electron chi connectivity index (χ3n) is 5.28. The number of H-pyrrole nitrogens is 2. The Morgan fingerprint density at radius 3 is 2.41 bits per heavy atom. The molecule has 17 heteroatoms. The number of ether oxygens (including phenoxy) is 1. The fraction of sp³-hybridized carbons (Fsp3) is 0.318. The standard InChI is InChI=1S/C17H18F3N5O2.C5H4F3N3O/c18-13-9-11-10(8-12(13)14-22-17(21)24-23-14)4-6-25(15(11)26)5-2-1-3-7-27-16(19)20;6-5(7,8)3-2(9)1-10-11-4(3)12/h4,6,8-9,16H,1-3,5,7H2,(H3,21,22,23,24);1H,(H3,9,11,12). The Morgan fingerprint density at radius 2 is 1.82 bits per heavy atom. The van der Waals surface area contributed by atoms with Crippen molar-refractivity contribution >= 4 is 22.4 Å². The topological polar surface area (TPSA) is 171 Å². The van der Waals surface area contributed by atoms with Crippen LogP contribution in [-0.4, -0.2) is 43.2 Å². The van der Waals surface area contributed by atoms with E-state index in [0.717, 1.165) is 6.20 Å². The smallest absolute Gasteiger partial charge is 0.397 e. The van der Waals surface area contributed by atoms with E-state index in [4.69, 9.17) is 11.5 Å². The summed E-state index contributed by atoms with van der Waals surface area (Å²) in [5, 5.41) is 11.8. The van der Waals surface area contributed by atoms with Crippen LogP contribution in [0, 0.1) is 5.82 Å². The van der Waals surface area contributed by atoms with Crippen LogP contribution in [0.5, 0.6) is 0 Å². The van der Waals surface area contributed by atoms with Crippen molar-refractivity contribution in [1.29, 1.82) is 0 Å². The molecule has 0 radical (unpaired) electrons. The molecule has 0 aliphatic heterocycles. The molecule has 0 aliphatic carbocycles. The molecule has 210 valence electrons. The Morgan fingerprint density at radius 1 is 1.08 bits per heavy atom. The first-order valence-corrected chi connectivity index (χ1v) is 11.2. The highest BCUT2D eigenvalue weighted by atomic mass is 19.4. The molecule has 0 atom stereocenters. The number of aromatic amines is 2. The fourth-order valence-electron chi connectivity index (χ4n) is 3.50. The second kappa shape index (κ2) is 12.4. The number of nitrogens with zero attached hydrogens (tertiary/aromatic N) is 4. The van der Waals surface area contributed by atoms with Gasteiger partial charge in [0.25, 0.3) is 11.1 Å². The van der Waals surface area contributed by atoms with Crippen LogP contribution in [0.1, 0.15) is 24.8 Å². The highest BCUT2D eigenvalue weighted by molar-refractivity contribution is 5.86. The quantitative estimate of drug-likeness (QED) is 0.188. The Kier molecular flexibility index (Phi) is 9.29. The van der Waals surface area contributed by atoms with Gasteiger partial charge >= 0.3 is 12.8 Å². The van der Waals surface area contributed by atoms with E-state index in [2.05, 4.69) is 25.0 Å². The minimum atomic E-state index is -4.74. The van der Waals surface area contributed by atoms with E-state index in [1.165, 1.54) is 16.7 Å². The molecule has 3 aromatic heterocycles. The van der Waals surface area contributed by atoms with Gasteiger partial charge in [-0.15, -0.1) is 5.10 Å². The number of pyridine rings is 1. The molecule has 39 heavy (non-hydrogen) atoms. The number of hydrogen-bond donors (Lipinski definition) is 4. The van der Waals surface area contributed by atoms with Crippen LogP contribution in [0.3, 0.4) is 0 Å². The molecule has 0 amide bonds. The van der Waals surface area contributed by atoms with Crippen molar-refractivity contribution in [2.24, 2.45) is 0 Å². The van der Waals surface area contributed by atoms with Crippen LogP contribution in [0.25, 0.3) is 22.2 Å². The van der Waals surface area contributed by atoms with Gasteiger partial charge in [0, 0.05) is 12.7 Å². The van der Waals surface area contributed by atoms with Crippen LogP contribution in [0.4, 0.5) is 38.0 Å². The summed E-state index contributed by atoms with van der Waals surface area (Å²) in [4.78, 5) is 27.0. The summed E-state index contributed by atoms with van der Waals surface area (Å²) in [5.74, 6) is -0.432. The first kappa shape index (κ1) is 29.2. The maximum atomic E-state index is 14.4. The van der Waals surface area contributed by atoms with Gasteiger partial charge in [-0.2, -0.15) is 32.0 Å². The van der Waals surface area contributed by atoms with E-state index in [0.29, 0.717) is 31.2 Å². The Bertz CT molecular complexity index is 1530. The molecule has 11 nitrogen and oxygen atoms in total. The van der Waals surface area contributed by atoms with Gasteiger partial charge in [0.2, 0.25) is 5.95 Å². The predicted molar refractivity (Wildman–Crippen MR) is 128 cm³/mol. The van der Waals surface area contributed by atoms with E-state index >= 15 is 0 Å². The zero-order chi connectivity index (χ0) is 28.7. The monoisotopic (exact) mass is 560 g/mol. The van der Waals surface area contributed by atoms with Crippen LogP contribution in [0.15, 0.2) is 40.2 Å². The molecular weight excluding hydrogens is 538 g/mol. The van der Waals surface area contributed by atoms with Crippen molar-refractivity contribution < 1.29 is 31.1 Å². The molecular formula is C22H22F6N8O3. The number of nitrogens with two attached hydrogens (primary N) is 2. The maximum Gasteiger partial charge on any atom is 0.423 e. The summed E-state index contributed by atoms with van der Waals surface area (Å²) in [6, 6.07) is 4.38. The number of unbranched alkanes of at least 4 members (excludes halogenated alkanes) is 2. The molecule has 0 spiro atoms. The highest BCUT2D eigenvalue weighted by Crippen LogP contribution is 2.29. The van der Waals surface area contributed by atoms with E-state index in [1.54, 1.807) is 17.4 Å². The van der Waals surface area contributed by atoms with Crippen LogP contribution >= 0.6 is 0 Å². The van der Waals surface area contributed by atoms with Gasteiger partial charge < -0.3 is 20.8 Å². The number of halogens is 6. The van der Waals surface area contributed by atoms with Gasteiger partial charge in [-0.25, -0.2) is 9.49 Å². The Balaban J connectivity index is 0.000000293. The van der Waals surface area contributed by atoms with Gasteiger partial charge in [-0.05, 0) is 42.8 Å². The summed E-state index contributed by atoms with van der Waals surface area (Å²) in [6.07, 6.45) is -0.639. The van der Waals surface area contributed by atoms with Crippen LogP contribution in [-0.2, 0) is 17.5 Å². The lowest BCUT2D eigenvalue weighted by atomic mass is 10.1. The first-order chi connectivity index (χ1) is 18.4. The molecule has 0 saturated carbocycles. The lowest BCUT2D eigenvalue weighted by Gasteiger charge is -2.09. The molecule has 0 unspecified atom stereocenters. The molecule has 4 rings (SSSR count). The van der Waals surface area contributed by atoms with Crippen LogP contribution < -0.4 is 22.6 Å². The van der Waals surface area contributed by atoms with E-state index in [9.17, 15) is 35.9 Å². The minimum Gasteiger partial charge on any atom is -0.397 e. The number of aromatic nitrogens is 6. The number of rotatable bonds is 8. The minimum absolute atomic E-state index is 0.00105. The third-order valence-corrected chi connectivity index (χ3v) is 5.28. The lowest BCUT2D eigenvalue weighted by Crippen LogP contribution is -2.24. The molecule has 3 heterocycles. The molecule has 0 saturated heterocycles. The number of benzene rings is 1.